The molecule has 0 aromatic carbocycles. The van der Waals surface area contributed by atoms with Crippen molar-refractivity contribution in [3.63, 3.8) is 0 Å². The summed E-state index contributed by atoms with van der Waals surface area (Å²) in [5.74, 6) is 1.14. The molecule has 0 N–H and O–H groups in total. The number of hydrogen-bond donors (Lipinski definition) is 0. The molecule has 0 bridgehead atoms. The van der Waals surface area contributed by atoms with E-state index in [0.717, 1.165) is 19.5 Å². The van der Waals surface area contributed by atoms with Gasteiger partial charge in [0, 0.05) is 24.3 Å². The summed E-state index contributed by atoms with van der Waals surface area (Å²) < 4.78 is 0. The number of thiazole rings is 1. The van der Waals surface area contributed by atoms with Gasteiger partial charge in [-0.15, -0.1) is 22.9 Å². The van der Waals surface area contributed by atoms with Crippen LogP contribution in [0.1, 0.15) is 16.9 Å². The number of nitrogens with zero attached hydrogens (tertiary/aromatic N) is 2. The summed E-state index contributed by atoms with van der Waals surface area (Å²) in [6, 6.07) is 0. The lowest BCUT2D eigenvalue weighted by Crippen LogP contribution is -2.29. The first-order chi connectivity index (χ1) is 6.81. The van der Waals surface area contributed by atoms with Gasteiger partial charge >= 0.3 is 0 Å². The maximum absolute atomic E-state index is 11.8. The molecule has 2 rings (SSSR count). The highest BCUT2D eigenvalue weighted by molar-refractivity contribution is 7.07. The third-order valence-corrected chi connectivity index (χ3v) is 3.47. The minimum atomic E-state index is 0.0406. The van der Waals surface area contributed by atoms with E-state index in [4.69, 9.17) is 11.6 Å². The second-order valence-corrected chi connectivity index (χ2v) is 4.46. The quantitative estimate of drug-likeness (QED) is 0.727. The van der Waals surface area contributed by atoms with Crippen LogP contribution in [0.2, 0.25) is 0 Å². The molecule has 76 valence electrons. The molecule has 0 saturated carbocycles. The van der Waals surface area contributed by atoms with Crippen LogP contribution in [0.25, 0.3) is 0 Å². The van der Waals surface area contributed by atoms with Crippen LogP contribution in [0.15, 0.2) is 10.9 Å². The molecule has 3 nitrogen and oxygen atoms in total. The Kier molecular flexibility index (Phi) is 3.03. The number of carbonyl (C=O) groups excluding carboxylic acids is 1. The molecule has 1 amide bonds. The summed E-state index contributed by atoms with van der Waals surface area (Å²) >= 11 is 7.20. The van der Waals surface area contributed by atoms with E-state index in [2.05, 4.69) is 4.98 Å². The van der Waals surface area contributed by atoms with Gasteiger partial charge < -0.3 is 4.90 Å². The second kappa shape index (κ2) is 4.28. The first-order valence-electron chi connectivity index (χ1n) is 4.54. The number of amides is 1. The van der Waals surface area contributed by atoms with Gasteiger partial charge in [-0.3, -0.25) is 4.79 Å². The summed E-state index contributed by atoms with van der Waals surface area (Å²) in [4.78, 5) is 17.6. The highest BCUT2D eigenvalue weighted by Crippen LogP contribution is 2.19. The molecule has 0 spiro atoms. The monoisotopic (exact) mass is 230 g/mol. The summed E-state index contributed by atoms with van der Waals surface area (Å²) in [5.41, 5.74) is 2.24. The number of hydrogen-bond acceptors (Lipinski definition) is 3. The van der Waals surface area contributed by atoms with Gasteiger partial charge in [0.1, 0.15) is 5.69 Å². The average Bonchev–Trinajstić information content (AvgIpc) is 2.88. The average molecular weight is 231 g/mol. The predicted octanol–water partition coefficient (Wildman–Crippen LogP) is 1.84. The van der Waals surface area contributed by atoms with Crippen molar-refractivity contribution < 1.29 is 4.79 Å². The van der Waals surface area contributed by atoms with Crippen molar-refractivity contribution in [2.75, 3.05) is 19.0 Å². The van der Waals surface area contributed by atoms with E-state index >= 15 is 0 Å². The zero-order chi connectivity index (χ0) is 9.97. The largest absolute Gasteiger partial charge is 0.337 e. The standard InChI is InChI=1S/C9H11ClN2OS/c10-3-7-1-2-12(4-7)9(13)8-5-14-6-11-8/h5-7H,1-4H2. The molecule has 1 aromatic rings. The fourth-order valence-corrected chi connectivity index (χ4v) is 2.40. The Balaban J connectivity index is 2.00. The van der Waals surface area contributed by atoms with Gasteiger partial charge in [-0.05, 0) is 12.3 Å². The Labute approximate surface area is 91.7 Å². The van der Waals surface area contributed by atoms with Crippen LogP contribution in [0.5, 0.6) is 0 Å². The van der Waals surface area contributed by atoms with Crippen molar-refractivity contribution in [1.29, 1.82) is 0 Å². The van der Waals surface area contributed by atoms with E-state index in [1.54, 1.807) is 10.9 Å². The Hall–Kier alpha value is -0.610. The summed E-state index contributed by atoms with van der Waals surface area (Å²) in [5, 5.41) is 1.79. The first-order valence-corrected chi connectivity index (χ1v) is 6.02. The van der Waals surface area contributed by atoms with Crippen molar-refractivity contribution >= 4 is 28.8 Å². The van der Waals surface area contributed by atoms with Crippen molar-refractivity contribution in [2.24, 2.45) is 5.92 Å². The van der Waals surface area contributed by atoms with E-state index < -0.39 is 0 Å². The van der Waals surface area contributed by atoms with Crippen molar-refractivity contribution in [2.45, 2.75) is 6.42 Å². The maximum atomic E-state index is 11.8. The molecule has 1 saturated heterocycles. The third-order valence-electron chi connectivity index (χ3n) is 2.44. The van der Waals surface area contributed by atoms with Gasteiger partial charge in [0.2, 0.25) is 0 Å². The SMILES string of the molecule is O=C(c1cscn1)N1CCC(CCl)C1. The maximum Gasteiger partial charge on any atom is 0.273 e. The molecule has 0 radical (unpaired) electrons. The molecule has 0 aliphatic carbocycles. The zero-order valence-electron chi connectivity index (χ0n) is 7.65. The van der Waals surface area contributed by atoms with Crippen LogP contribution in [-0.2, 0) is 0 Å². The second-order valence-electron chi connectivity index (χ2n) is 3.43. The van der Waals surface area contributed by atoms with Gasteiger partial charge in [0.05, 0.1) is 5.51 Å². The van der Waals surface area contributed by atoms with Crippen LogP contribution >= 0.6 is 22.9 Å². The van der Waals surface area contributed by atoms with Crippen LogP contribution in [-0.4, -0.2) is 34.8 Å². The molecule has 5 heteroatoms. The predicted molar refractivity (Wildman–Crippen MR) is 56.8 cm³/mol. The molecule has 1 fully saturated rings. The smallest absolute Gasteiger partial charge is 0.273 e. The molecular weight excluding hydrogens is 220 g/mol. The lowest BCUT2D eigenvalue weighted by molar-refractivity contribution is 0.0783. The lowest BCUT2D eigenvalue weighted by atomic mass is 10.2. The van der Waals surface area contributed by atoms with Gasteiger partial charge in [-0.1, -0.05) is 0 Å². The minimum absolute atomic E-state index is 0.0406. The molecule has 1 atom stereocenters. The van der Waals surface area contributed by atoms with Crippen LogP contribution in [0.3, 0.4) is 0 Å². The number of halogens is 1. The molecule has 1 aromatic heterocycles. The number of rotatable bonds is 2. The topological polar surface area (TPSA) is 33.2 Å². The summed E-state index contributed by atoms with van der Waals surface area (Å²) in [6.45, 7) is 1.59. The Morgan fingerprint density at radius 1 is 1.79 bits per heavy atom. The zero-order valence-corrected chi connectivity index (χ0v) is 9.22. The van der Waals surface area contributed by atoms with Crippen LogP contribution in [0, 0.1) is 5.92 Å². The first kappa shape index (κ1) is 9.93. The Morgan fingerprint density at radius 2 is 2.64 bits per heavy atom. The molecule has 2 heterocycles. The molecular formula is C9H11ClN2OS. The summed E-state index contributed by atoms with van der Waals surface area (Å²) in [7, 11) is 0. The van der Waals surface area contributed by atoms with Gasteiger partial charge in [0.15, 0.2) is 0 Å². The highest BCUT2D eigenvalue weighted by Gasteiger charge is 2.26. The minimum Gasteiger partial charge on any atom is -0.337 e. The highest BCUT2D eigenvalue weighted by atomic mass is 35.5. The Morgan fingerprint density at radius 3 is 3.21 bits per heavy atom. The van der Waals surface area contributed by atoms with E-state index in [9.17, 15) is 4.79 Å². The fourth-order valence-electron chi connectivity index (χ4n) is 1.62. The summed E-state index contributed by atoms with van der Waals surface area (Å²) in [6.07, 6.45) is 1.01. The van der Waals surface area contributed by atoms with Crippen LogP contribution in [0.4, 0.5) is 0 Å². The number of aromatic nitrogens is 1. The Bertz CT molecular complexity index is 315. The van der Waals surface area contributed by atoms with Gasteiger partial charge in [-0.2, -0.15) is 0 Å². The van der Waals surface area contributed by atoms with E-state index in [-0.39, 0.29) is 5.91 Å². The lowest BCUT2D eigenvalue weighted by Gasteiger charge is -2.14. The van der Waals surface area contributed by atoms with E-state index in [1.165, 1.54) is 11.3 Å². The van der Waals surface area contributed by atoms with Crippen molar-refractivity contribution in [3.05, 3.63) is 16.6 Å². The van der Waals surface area contributed by atoms with E-state index in [1.807, 2.05) is 4.90 Å². The van der Waals surface area contributed by atoms with Crippen molar-refractivity contribution in [3.8, 4) is 0 Å². The number of likely N-dealkylation sites (tertiary alicyclic amines) is 1. The van der Waals surface area contributed by atoms with E-state index in [0.29, 0.717) is 17.5 Å². The fraction of sp³-hybridized carbons (Fsp3) is 0.556. The third kappa shape index (κ3) is 1.91. The molecule has 1 unspecified atom stereocenters. The molecule has 14 heavy (non-hydrogen) atoms. The van der Waals surface area contributed by atoms with Gasteiger partial charge in [-0.25, -0.2) is 4.98 Å². The van der Waals surface area contributed by atoms with Gasteiger partial charge in [0.25, 0.3) is 5.91 Å². The van der Waals surface area contributed by atoms with Crippen LogP contribution < -0.4 is 0 Å². The van der Waals surface area contributed by atoms with Crippen molar-refractivity contribution in [1.82, 2.24) is 9.88 Å². The number of carbonyl (C=O) groups is 1. The number of alkyl halides is 1. The molecule has 1 aliphatic heterocycles. The normalized spacial score (nSPS) is 21.5. The molecule has 1 aliphatic rings.